The molecule has 5 nitrogen and oxygen atoms in total. The molecule has 30 heavy (non-hydrogen) atoms. The molecule has 3 rings (SSSR count). The van der Waals surface area contributed by atoms with Crippen LogP contribution in [-0.2, 0) is 27.8 Å². The van der Waals surface area contributed by atoms with Crippen LogP contribution >= 0.6 is 0 Å². The normalized spacial score (nSPS) is 12.3. The molecule has 156 valence electrons. The van der Waals surface area contributed by atoms with Crippen molar-refractivity contribution in [1.82, 2.24) is 9.62 Å². The Morgan fingerprint density at radius 1 is 0.900 bits per heavy atom. The van der Waals surface area contributed by atoms with Crippen LogP contribution in [0.4, 0.5) is 4.39 Å². The van der Waals surface area contributed by atoms with Gasteiger partial charge in [-0.2, -0.15) is 4.72 Å². The Morgan fingerprint density at radius 2 is 1.43 bits per heavy atom. The van der Waals surface area contributed by atoms with Gasteiger partial charge in [-0.1, -0.05) is 60.7 Å². The van der Waals surface area contributed by atoms with Gasteiger partial charge in [0, 0.05) is 13.6 Å². The lowest BCUT2D eigenvalue weighted by atomic mass is 10.1. The summed E-state index contributed by atoms with van der Waals surface area (Å²) in [7, 11) is -2.37. The van der Waals surface area contributed by atoms with Gasteiger partial charge in [-0.3, -0.25) is 4.79 Å². The largest absolute Gasteiger partial charge is 0.340 e. The zero-order valence-corrected chi connectivity index (χ0v) is 17.3. The van der Waals surface area contributed by atoms with E-state index >= 15 is 0 Å². The maximum atomic E-state index is 13.2. The SMILES string of the molecule is CN(Cc1ccccc1)C(=O)[C@H](Cc1ccccc1)NS(=O)(=O)c1ccc(F)cc1. The number of carbonyl (C=O) groups is 1. The van der Waals surface area contributed by atoms with E-state index in [1.165, 1.54) is 17.0 Å². The third kappa shape index (κ3) is 5.75. The smallest absolute Gasteiger partial charge is 0.241 e. The van der Waals surface area contributed by atoms with Crippen LogP contribution in [-0.4, -0.2) is 32.3 Å². The lowest BCUT2D eigenvalue weighted by Crippen LogP contribution is -2.48. The molecule has 1 amide bonds. The van der Waals surface area contributed by atoms with Gasteiger partial charge < -0.3 is 4.90 Å². The van der Waals surface area contributed by atoms with E-state index in [-0.39, 0.29) is 17.2 Å². The molecule has 0 fully saturated rings. The number of sulfonamides is 1. The summed E-state index contributed by atoms with van der Waals surface area (Å²) in [5.41, 5.74) is 1.76. The summed E-state index contributed by atoms with van der Waals surface area (Å²) in [6.45, 7) is 0.350. The maximum absolute atomic E-state index is 13.2. The first-order valence-electron chi connectivity index (χ1n) is 9.46. The number of nitrogens with one attached hydrogen (secondary N) is 1. The number of halogens is 1. The number of likely N-dealkylation sites (N-methyl/N-ethyl adjacent to an activating group) is 1. The van der Waals surface area contributed by atoms with Gasteiger partial charge >= 0.3 is 0 Å². The third-order valence-electron chi connectivity index (χ3n) is 4.64. The Kier molecular flexibility index (Phi) is 6.97. The van der Waals surface area contributed by atoms with Gasteiger partial charge in [0.15, 0.2) is 0 Å². The lowest BCUT2D eigenvalue weighted by molar-refractivity contribution is -0.132. The highest BCUT2D eigenvalue weighted by Crippen LogP contribution is 2.14. The highest BCUT2D eigenvalue weighted by Gasteiger charge is 2.28. The fourth-order valence-electron chi connectivity index (χ4n) is 3.10. The molecule has 7 heteroatoms. The predicted molar refractivity (Wildman–Crippen MR) is 114 cm³/mol. The molecule has 0 heterocycles. The molecular weight excluding hydrogens is 403 g/mol. The standard InChI is InChI=1S/C23H23FN2O3S/c1-26(17-19-10-6-3-7-11-19)23(27)22(16-18-8-4-2-5-9-18)25-30(28,29)21-14-12-20(24)13-15-21/h2-15,22,25H,16-17H2,1H3/t22-/m0/s1. The van der Waals surface area contributed by atoms with Crippen molar-refractivity contribution in [3.8, 4) is 0 Å². The summed E-state index contributed by atoms with van der Waals surface area (Å²) in [6.07, 6.45) is 0.194. The summed E-state index contributed by atoms with van der Waals surface area (Å²) >= 11 is 0. The van der Waals surface area contributed by atoms with Gasteiger partial charge in [-0.15, -0.1) is 0 Å². The third-order valence-corrected chi connectivity index (χ3v) is 6.13. The van der Waals surface area contributed by atoms with Gasteiger partial charge in [0.1, 0.15) is 11.9 Å². The van der Waals surface area contributed by atoms with Gasteiger partial charge in [0.2, 0.25) is 15.9 Å². The Balaban J connectivity index is 1.84. The molecule has 0 saturated carbocycles. The van der Waals surface area contributed by atoms with Crippen molar-refractivity contribution in [3.63, 3.8) is 0 Å². The molecule has 0 saturated heterocycles. The number of amides is 1. The second-order valence-corrected chi connectivity index (χ2v) is 8.71. The van der Waals surface area contributed by atoms with Crippen molar-refractivity contribution < 1.29 is 17.6 Å². The zero-order valence-electron chi connectivity index (χ0n) is 16.5. The topological polar surface area (TPSA) is 66.5 Å². The number of nitrogens with zero attached hydrogens (tertiary/aromatic N) is 1. The minimum Gasteiger partial charge on any atom is -0.340 e. The summed E-state index contributed by atoms with van der Waals surface area (Å²) < 4.78 is 41.3. The highest BCUT2D eigenvalue weighted by molar-refractivity contribution is 7.89. The summed E-state index contributed by atoms with van der Waals surface area (Å²) in [4.78, 5) is 14.6. The summed E-state index contributed by atoms with van der Waals surface area (Å²) in [5.74, 6) is -0.887. The Labute approximate surface area is 176 Å². The number of hydrogen-bond acceptors (Lipinski definition) is 3. The van der Waals surface area contributed by atoms with Crippen LogP contribution in [0, 0.1) is 5.82 Å². The van der Waals surface area contributed by atoms with Crippen LogP contribution in [0.5, 0.6) is 0 Å². The average molecular weight is 427 g/mol. The van der Waals surface area contributed by atoms with Crippen molar-refractivity contribution in [3.05, 3.63) is 102 Å². The number of carbonyl (C=O) groups excluding carboxylic acids is 1. The minimum atomic E-state index is -4.01. The van der Waals surface area contributed by atoms with E-state index in [9.17, 15) is 17.6 Å². The number of hydrogen-bond donors (Lipinski definition) is 1. The molecular formula is C23H23FN2O3S. The first-order chi connectivity index (χ1) is 14.3. The summed E-state index contributed by atoms with van der Waals surface area (Å²) in [6, 6.07) is 22.1. The second kappa shape index (κ2) is 9.65. The van der Waals surface area contributed by atoms with Crippen LogP contribution in [0.15, 0.2) is 89.8 Å². The number of benzene rings is 3. The predicted octanol–water partition coefficient (Wildman–Crippen LogP) is 3.37. The molecule has 3 aromatic rings. The molecule has 3 aromatic carbocycles. The minimum absolute atomic E-state index is 0.0968. The van der Waals surface area contributed by atoms with Gasteiger partial charge in [0.25, 0.3) is 0 Å². The lowest BCUT2D eigenvalue weighted by Gasteiger charge is -2.25. The maximum Gasteiger partial charge on any atom is 0.241 e. The van der Waals surface area contributed by atoms with Gasteiger partial charge in [-0.25, -0.2) is 12.8 Å². The van der Waals surface area contributed by atoms with Crippen LogP contribution < -0.4 is 4.72 Å². The Bertz CT molecular complexity index is 1070. The van der Waals surface area contributed by atoms with Crippen LogP contribution in [0.25, 0.3) is 0 Å². The van der Waals surface area contributed by atoms with E-state index in [0.29, 0.717) is 6.54 Å². The van der Waals surface area contributed by atoms with E-state index in [4.69, 9.17) is 0 Å². The van der Waals surface area contributed by atoms with Crippen molar-refractivity contribution in [2.45, 2.75) is 23.9 Å². The molecule has 0 aromatic heterocycles. The molecule has 0 aliphatic rings. The first-order valence-corrected chi connectivity index (χ1v) is 10.9. The van der Waals surface area contributed by atoms with E-state index in [1.54, 1.807) is 7.05 Å². The molecule has 1 N–H and O–H groups in total. The zero-order chi connectivity index (χ0) is 21.6. The van der Waals surface area contributed by atoms with Gasteiger partial charge in [-0.05, 0) is 41.8 Å². The fraction of sp³-hybridized carbons (Fsp3) is 0.174. The van der Waals surface area contributed by atoms with Crippen LogP contribution in [0.2, 0.25) is 0 Å². The quantitative estimate of drug-likeness (QED) is 0.601. The monoisotopic (exact) mass is 426 g/mol. The molecule has 0 bridgehead atoms. The van der Waals surface area contributed by atoms with Crippen molar-refractivity contribution in [2.24, 2.45) is 0 Å². The van der Waals surface area contributed by atoms with Crippen LogP contribution in [0.3, 0.4) is 0 Å². The first kappa shape index (κ1) is 21.7. The van der Waals surface area contributed by atoms with Crippen molar-refractivity contribution >= 4 is 15.9 Å². The van der Waals surface area contributed by atoms with E-state index < -0.39 is 21.9 Å². The molecule has 0 spiro atoms. The van der Waals surface area contributed by atoms with Gasteiger partial charge in [0.05, 0.1) is 4.90 Å². The fourth-order valence-corrected chi connectivity index (χ4v) is 4.29. The van der Waals surface area contributed by atoms with Crippen molar-refractivity contribution in [1.29, 1.82) is 0 Å². The average Bonchev–Trinajstić information content (AvgIpc) is 2.74. The van der Waals surface area contributed by atoms with E-state index in [0.717, 1.165) is 23.3 Å². The van der Waals surface area contributed by atoms with Crippen LogP contribution in [0.1, 0.15) is 11.1 Å². The van der Waals surface area contributed by atoms with Crippen molar-refractivity contribution in [2.75, 3.05) is 7.05 Å². The molecule has 0 radical (unpaired) electrons. The summed E-state index contributed by atoms with van der Waals surface area (Å²) in [5, 5.41) is 0. The second-order valence-electron chi connectivity index (χ2n) is 7.00. The van der Waals surface area contributed by atoms with E-state index in [1.807, 2.05) is 60.7 Å². The highest BCUT2D eigenvalue weighted by atomic mass is 32.2. The Morgan fingerprint density at radius 3 is 2.00 bits per heavy atom. The Hall–Kier alpha value is -3.03. The molecule has 0 aliphatic heterocycles. The molecule has 0 aliphatic carbocycles. The van der Waals surface area contributed by atoms with E-state index in [2.05, 4.69) is 4.72 Å². The molecule has 0 unspecified atom stereocenters. The number of rotatable bonds is 8. The molecule has 1 atom stereocenters.